The van der Waals surface area contributed by atoms with Crippen molar-refractivity contribution >= 4 is 17.0 Å². The second kappa shape index (κ2) is 3.55. The maximum atomic E-state index is 5.92. The Labute approximate surface area is 99.1 Å². The fourth-order valence-corrected chi connectivity index (χ4v) is 2.19. The number of nitrogens with two attached hydrogens (primary N) is 1. The number of rotatable bonds is 1. The van der Waals surface area contributed by atoms with Crippen molar-refractivity contribution in [2.45, 2.75) is 19.9 Å². The molecule has 0 bridgehead atoms. The maximum absolute atomic E-state index is 5.92. The van der Waals surface area contributed by atoms with Gasteiger partial charge in [0.05, 0.1) is 11.0 Å². The summed E-state index contributed by atoms with van der Waals surface area (Å²) in [5.74, 6) is 2.04. The summed E-state index contributed by atoms with van der Waals surface area (Å²) in [6, 6.07) is 4.11. The average molecular weight is 233 g/mol. The van der Waals surface area contributed by atoms with Crippen LogP contribution >= 0.6 is 0 Å². The van der Waals surface area contributed by atoms with Gasteiger partial charge in [0.25, 0.3) is 0 Å². The number of ether oxygens (including phenoxy) is 2. The molecule has 0 atom stereocenters. The van der Waals surface area contributed by atoms with Crippen LogP contribution in [0.2, 0.25) is 0 Å². The number of fused-ring (bicyclic) bond motifs is 2. The molecule has 1 aromatic carbocycles. The predicted octanol–water partition coefficient (Wildman–Crippen LogP) is 1.97. The van der Waals surface area contributed by atoms with Crippen molar-refractivity contribution in [1.82, 2.24) is 9.55 Å². The van der Waals surface area contributed by atoms with Gasteiger partial charge in [-0.3, -0.25) is 0 Å². The minimum Gasteiger partial charge on any atom is -0.486 e. The zero-order valence-corrected chi connectivity index (χ0v) is 9.93. The minimum absolute atomic E-state index is 0.266. The summed E-state index contributed by atoms with van der Waals surface area (Å²) in [6.45, 7) is 5.32. The van der Waals surface area contributed by atoms with Crippen LogP contribution in [0.1, 0.15) is 19.9 Å². The van der Waals surface area contributed by atoms with E-state index in [1.807, 2.05) is 16.7 Å². The number of imidazole rings is 1. The van der Waals surface area contributed by atoms with Crippen LogP contribution in [0.25, 0.3) is 11.0 Å². The van der Waals surface area contributed by atoms with Gasteiger partial charge in [-0.2, -0.15) is 0 Å². The molecule has 5 heteroatoms. The number of hydrogen-bond donors (Lipinski definition) is 1. The fraction of sp³-hybridized carbons (Fsp3) is 0.417. The van der Waals surface area contributed by atoms with E-state index in [0.29, 0.717) is 19.2 Å². The van der Waals surface area contributed by atoms with Crippen molar-refractivity contribution in [3.63, 3.8) is 0 Å². The molecule has 0 fully saturated rings. The van der Waals surface area contributed by atoms with Crippen LogP contribution in [0, 0.1) is 0 Å². The van der Waals surface area contributed by atoms with E-state index in [1.165, 1.54) is 0 Å². The molecule has 0 amide bonds. The zero-order chi connectivity index (χ0) is 12.0. The normalized spacial score (nSPS) is 14.5. The second-order valence-corrected chi connectivity index (χ2v) is 4.42. The first-order valence-corrected chi connectivity index (χ1v) is 5.74. The highest BCUT2D eigenvalue weighted by Gasteiger charge is 2.17. The number of benzene rings is 1. The molecule has 0 saturated heterocycles. The molecule has 17 heavy (non-hydrogen) atoms. The number of hydrogen-bond acceptors (Lipinski definition) is 4. The minimum atomic E-state index is 0.266. The quantitative estimate of drug-likeness (QED) is 0.818. The summed E-state index contributed by atoms with van der Waals surface area (Å²) in [6.07, 6.45) is 0. The lowest BCUT2D eigenvalue weighted by molar-refractivity contribution is 0.172. The van der Waals surface area contributed by atoms with Gasteiger partial charge >= 0.3 is 0 Å². The first kappa shape index (κ1) is 10.3. The van der Waals surface area contributed by atoms with Gasteiger partial charge in [-0.05, 0) is 13.8 Å². The van der Waals surface area contributed by atoms with Crippen LogP contribution in [0.5, 0.6) is 11.5 Å². The van der Waals surface area contributed by atoms with Crippen LogP contribution in [0.15, 0.2) is 12.1 Å². The molecule has 0 aliphatic carbocycles. The van der Waals surface area contributed by atoms with Gasteiger partial charge in [0.2, 0.25) is 5.95 Å². The summed E-state index contributed by atoms with van der Waals surface area (Å²) in [4.78, 5) is 4.35. The SMILES string of the molecule is CC(C)n1c(N)nc2cc3c(cc21)OCCO3. The average Bonchev–Trinajstić information content (AvgIpc) is 2.60. The summed E-state index contributed by atoms with van der Waals surface area (Å²) in [7, 11) is 0. The summed E-state index contributed by atoms with van der Waals surface area (Å²) in [5, 5.41) is 0. The lowest BCUT2D eigenvalue weighted by Gasteiger charge is -2.18. The van der Waals surface area contributed by atoms with Crippen LogP contribution in [0.4, 0.5) is 5.95 Å². The van der Waals surface area contributed by atoms with Crippen LogP contribution in [0.3, 0.4) is 0 Å². The lowest BCUT2D eigenvalue weighted by Crippen LogP contribution is -2.15. The Morgan fingerprint density at radius 1 is 1.24 bits per heavy atom. The number of nitrogen functional groups attached to an aromatic ring is 1. The molecule has 0 radical (unpaired) electrons. The van der Waals surface area contributed by atoms with E-state index in [0.717, 1.165) is 22.5 Å². The van der Waals surface area contributed by atoms with Crippen LogP contribution in [-0.4, -0.2) is 22.8 Å². The Bertz CT molecular complexity index is 575. The highest BCUT2D eigenvalue weighted by molar-refractivity contribution is 5.82. The molecule has 0 unspecified atom stereocenters. The van der Waals surface area contributed by atoms with Gasteiger partial charge in [0.15, 0.2) is 11.5 Å². The first-order valence-electron chi connectivity index (χ1n) is 5.74. The van der Waals surface area contributed by atoms with Crippen molar-refractivity contribution in [2.75, 3.05) is 18.9 Å². The molecule has 3 rings (SSSR count). The molecule has 2 N–H and O–H groups in total. The fourth-order valence-electron chi connectivity index (χ4n) is 2.19. The summed E-state index contributed by atoms with van der Waals surface area (Å²) < 4.78 is 13.1. The topological polar surface area (TPSA) is 62.3 Å². The van der Waals surface area contributed by atoms with E-state index in [9.17, 15) is 0 Å². The molecule has 2 heterocycles. The van der Waals surface area contributed by atoms with Gasteiger partial charge in [-0.25, -0.2) is 4.98 Å². The monoisotopic (exact) mass is 233 g/mol. The largest absolute Gasteiger partial charge is 0.486 e. The zero-order valence-electron chi connectivity index (χ0n) is 9.93. The lowest BCUT2D eigenvalue weighted by atomic mass is 10.2. The standard InChI is InChI=1S/C12H15N3O2/c1-7(2)15-9-6-11-10(16-3-4-17-11)5-8(9)14-12(15)13/h5-7H,3-4H2,1-2H3,(H2,13,14). The molecule has 0 spiro atoms. The Kier molecular flexibility index (Phi) is 2.14. The van der Waals surface area contributed by atoms with Crippen LogP contribution in [-0.2, 0) is 0 Å². The molecule has 1 aliphatic rings. The molecule has 90 valence electrons. The summed E-state index contributed by atoms with van der Waals surface area (Å²) >= 11 is 0. The Hall–Kier alpha value is -1.91. The molecule has 1 aliphatic heterocycles. The third kappa shape index (κ3) is 1.50. The van der Waals surface area contributed by atoms with E-state index < -0.39 is 0 Å². The van der Waals surface area contributed by atoms with E-state index in [4.69, 9.17) is 15.2 Å². The number of anilines is 1. The smallest absolute Gasteiger partial charge is 0.201 e. The molecule has 5 nitrogen and oxygen atoms in total. The Balaban J connectivity index is 2.27. The van der Waals surface area contributed by atoms with Crippen molar-refractivity contribution in [3.8, 4) is 11.5 Å². The maximum Gasteiger partial charge on any atom is 0.201 e. The highest BCUT2D eigenvalue weighted by atomic mass is 16.6. The third-order valence-corrected chi connectivity index (χ3v) is 2.90. The van der Waals surface area contributed by atoms with Gasteiger partial charge in [-0.15, -0.1) is 0 Å². The molecular weight excluding hydrogens is 218 g/mol. The first-order chi connectivity index (χ1) is 8.16. The molecular formula is C12H15N3O2. The van der Waals surface area contributed by atoms with Gasteiger partial charge in [-0.1, -0.05) is 0 Å². The van der Waals surface area contributed by atoms with Crippen LogP contribution < -0.4 is 15.2 Å². The predicted molar refractivity (Wildman–Crippen MR) is 65.5 cm³/mol. The van der Waals surface area contributed by atoms with E-state index in [-0.39, 0.29) is 6.04 Å². The van der Waals surface area contributed by atoms with Crippen molar-refractivity contribution in [3.05, 3.63) is 12.1 Å². The molecule has 2 aromatic rings. The van der Waals surface area contributed by atoms with Crippen molar-refractivity contribution in [1.29, 1.82) is 0 Å². The molecule has 0 saturated carbocycles. The second-order valence-electron chi connectivity index (χ2n) is 4.42. The molecule has 1 aromatic heterocycles. The Morgan fingerprint density at radius 2 is 1.88 bits per heavy atom. The third-order valence-electron chi connectivity index (χ3n) is 2.90. The Morgan fingerprint density at radius 3 is 2.53 bits per heavy atom. The van der Waals surface area contributed by atoms with Gasteiger partial charge in [0, 0.05) is 18.2 Å². The highest BCUT2D eigenvalue weighted by Crippen LogP contribution is 2.36. The number of aromatic nitrogens is 2. The van der Waals surface area contributed by atoms with Gasteiger partial charge in [0.1, 0.15) is 13.2 Å². The van der Waals surface area contributed by atoms with Crippen molar-refractivity contribution < 1.29 is 9.47 Å². The van der Waals surface area contributed by atoms with E-state index >= 15 is 0 Å². The number of nitrogens with zero attached hydrogens (tertiary/aromatic N) is 2. The van der Waals surface area contributed by atoms with E-state index in [2.05, 4.69) is 18.8 Å². The van der Waals surface area contributed by atoms with Gasteiger partial charge < -0.3 is 19.8 Å². The summed E-state index contributed by atoms with van der Waals surface area (Å²) in [5.41, 5.74) is 7.76. The van der Waals surface area contributed by atoms with Crippen molar-refractivity contribution in [2.24, 2.45) is 0 Å². The van der Waals surface area contributed by atoms with E-state index in [1.54, 1.807) is 0 Å².